The molecule has 3 aliphatic rings. The highest BCUT2D eigenvalue weighted by molar-refractivity contribution is 6.03. The molecule has 1 heterocycles. The highest BCUT2D eigenvalue weighted by atomic mass is 16.7. The van der Waals surface area contributed by atoms with Crippen LogP contribution in [0.5, 0.6) is 17.2 Å². The average Bonchev–Trinajstić information content (AvgIpc) is 3.35. The van der Waals surface area contributed by atoms with Crippen molar-refractivity contribution >= 4 is 23.6 Å². The summed E-state index contributed by atoms with van der Waals surface area (Å²) in [7, 11) is 0. The van der Waals surface area contributed by atoms with Gasteiger partial charge in [0.1, 0.15) is 29.9 Å². The van der Waals surface area contributed by atoms with Gasteiger partial charge in [0.15, 0.2) is 0 Å². The fourth-order valence-electron chi connectivity index (χ4n) is 10.3. The molecule has 388 valence electrons. The Balaban J connectivity index is 1.57. The molecule has 0 bridgehead atoms. The lowest BCUT2D eigenvalue weighted by Crippen LogP contribution is -2.70. The van der Waals surface area contributed by atoms with Crippen molar-refractivity contribution in [3.63, 3.8) is 0 Å². The van der Waals surface area contributed by atoms with Crippen LogP contribution in [0.2, 0.25) is 0 Å². The lowest BCUT2D eigenvalue weighted by Gasteiger charge is -2.59. The first-order chi connectivity index (χ1) is 34.2. The van der Waals surface area contributed by atoms with Gasteiger partial charge >= 0.3 is 12.2 Å². The number of oxime groups is 1. The van der Waals surface area contributed by atoms with Crippen molar-refractivity contribution in [3.8, 4) is 17.2 Å². The van der Waals surface area contributed by atoms with Crippen molar-refractivity contribution in [2.45, 2.75) is 141 Å². The lowest BCUT2D eigenvalue weighted by molar-refractivity contribution is -0.384. The number of nitrogens with one attached hydrogen (secondary N) is 1. The monoisotopic (exact) mass is 979 g/mol. The fraction of sp³-hybridized carbons (Fsp3) is 0.642. The van der Waals surface area contributed by atoms with Crippen LogP contribution in [0.1, 0.15) is 134 Å². The minimum Gasteiger partial charge on any atom is -0.459 e. The van der Waals surface area contributed by atoms with Gasteiger partial charge in [-0.15, -0.1) is 6.58 Å². The molecule has 0 radical (unpaired) electrons. The summed E-state index contributed by atoms with van der Waals surface area (Å²) in [6.07, 6.45) is 18.5. The number of rotatable bonds is 33. The second-order valence-electron chi connectivity index (χ2n) is 18.3. The molecule has 0 spiro atoms. The van der Waals surface area contributed by atoms with E-state index in [9.17, 15) is 35.0 Å². The molecule has 70 heavy (non-hydrogen) atoms. The second-order valence-corrected chi connectivity index (χ2v) is 18.3. The van der Waals surface area contributed by atoms with Crippen molar-refractivity contribution in [3.05, 3.63) is 82.4 Å². The average molecular weight is 979 g/mol. The minimum atomic E-state index is -1.63. The quantitative estimate of drug-likeness (QED) is 0.0227. The standard InChI is InChI=1S/C53H78N4O13/c1-4-7-8-9-10-11-12-13-14-17-28-54-51(61)68-42-26-27-47-45(37-42)49-43(21-16-19-31-59)39(20-15-18-30-58)36-44-46(55-67-6-3)38-48(53(70-47,50(44)49)66-33-5-2)56(29-34-65-35-32-60)52(62)69-41-24-22-40(23-25-41)57(63)64/h5,22-27,36-37,39,43,48-50,58-60H,2,4,6-21,28-35,38H2,1,3H3,(H,54,61). The molecule has 0 saturated heterocycles. The predicted octanol–water partition coefficient (Wildman–Crippen LogP) is 9.77. The van der Waals surface area contributed by atoms with Crippen LogP contribution < -0.4 is 19.5 Å². The molecule has 1 fully saturated rings. The first-order valence-electron chi connectivity index (χ1n) is 25.7. The zero-order valence-electron chi connectivity index (χ0n) is 41.4. The third kappa shape index (κ3) is 15.5. The number of benzene rings is 2. The third-order valence-electron chi connectivity index (χ3n) is 13.5. The number of non-ortho nitro benzene ring substituents is 1. The Labute approximate surface area is 413 Å². The Hall–Kier alpha value is -5.07. The van der Waals surface area contributed by atoms with E-state index >= 15 is 0 Å². The van der Waals surface area contributed by atoms with Gasteiger partial charge < -0.3 is 49.2 Å². The molecule has 2 amide bonds. The van der Waals surface area contributed by atoms with E-state index in [2.05, 4.69) is 24.9 Å². The fourth-order valence-corrected chi connectivity index (χ4v) is 10.3. The number of aliphatic hydroxyl groups is 3. The smallest absolute Gasteiger partial charge is 0.415 e. The number of unbranched alkanes of at least 4 members (excludes halogenated alkanes) is 11. The molecule has 2 aliphatic carbocycles. The highest BCUT2D eigenvalue weighted by Crippen LogP contribution is 2.62. The molecule has 2 aromatic carbocycles. The van der Waals surface area contributed by atoms with Crippen LogP contribution in [-0.4, -0.2) is 114 Å². The van der Waals surface area contributed by atoms with Crippen LogP contribution in [0.4, 0.5) is 15.3 Å². The molecule has 4 N–H and O–H groups in total. The number of nitrogens with zero attached hydrogens (tertiary/aromatic N) is 3. The number of hydrogen-bond acceptors (Lipinski definition) is 14. The van der Waals surface area contributed by atoms with E-state index < -0.39 is 40.8 Å². The summed E-state index contributed by atoms with van der Waals surface area (Å²) in [6, 6.07) is 9.53. The van der Waals surface area contributed by atoms with Crippen LogP contribution in [-0.2, 0) is 14.3 Å². The lowest BCUT2D eigenvalue weighted by atomic mass is 9.55. The number of nitro benzene ring substituents is 1. The van der Waals surface area contributed by atoms with Gasteiger partial charge in [0.05, 0.1) is 43.0 Å². The summed E-state index contributed by atoms with van der Waals surface area (Å²) in [5, 5.41) is 48.6. The van der Waals surface area contributed by atoms with E-state index in [-0.39, 0.29) is 82.5 Å². The number of nitro groups is 1. The Bertz CT molecular complexity index is 2000. The molecule has 6 unspecified atom stereocenters. The van der Waals surface area contributed by atoms with Gasteiger partial charge in [-0.1, -0.05) is 94.9 Å². The van der Waals surface area contributed by atoms with E-state index in [0.717, 1.165) is 43.2 Å². The topological polar surface area (TPSA) is 221 Å². The maximum Gasteiger partial charge on any atom is 0.415 e. The van der Waals surface area contributed by atoms with Gasteiger partial charge in [-0.05, 0) is 86.8 Å². The van der Waals surface area contributed by atoms with Crippen LogP contribution in [0.15, 0.2) is 71.9 Å². The molecule has 1 aliphatic heterocycles. The summed E-state index contributed by atoms with van der Waals surface area (Å²) in [6.45, 7) is 8.60. The molecular formula is C53H78N4O13. The number of carbonyl (C=O) groups is 2. The van der Waals surface area contributed by atoms with E-state index in [1.54, 1.807) is 18.2 Å². The number of fused-ring (bicyclic) bond motifs is 2. The van der Waals surface area contributed by atoms with Gasteiger partial charge in [0.25, 0.3) is 5.69 Å². The van der Waals surface area contributed by atoms with Crippen molar-refractivity contribution < 1.29 is 58.4 Å². The Morgan fingerprint density at radius 1 is 0.886 bits per heavy atom. The first-order valence-corrected chi connectivity index (χ1v) is 25.7. The second kappa shape index (κ2) is 30.0. The summed E-state index contributed by atoms with van der Waals surface area (Å²) in [5.74, 6) is -1.94. The number of amides is 2. The zero-order valence-corrected chi connectivity index (χ0v) is 41.4. The van der Waals surface area contributed by atoms with E-state index in [4.69, 9.17) is 33.7 Å². The molecular weight excluding hydrogens is 901 g/mol. The van der Waals surface area contributed by atoms with Crippen LogP contribution in [0, 0.1) is 27.9 Å². The maximum atomic E-state index is 14.7. The molecule has 17 nitrogen and oxygen atoms in total. The van der Waals surface area contributed by atoms with Crippen LogP contribution >= 0.6 is 0 Å². The van der Waals surface area contributed by atoms with E-state index in [1.165, 1.54) is 74.1 Å². The van der Waals surface area contributed by atoms with Crippen LogP contribution in [0.25, 0.3) is 0 Å². The molecule has 1 saturated carbocycles. The van der Waals surface area contributed by atoms with E-state index in [1.807, 2.05) is 13.0 Å². The van der Waals surface area contributed by atoms with Gasteiger partial charge in [0.2, 0.25) is 5.79 Å². The minimum absolute atomic E-state index is 0.00600. The number of carbonyl (C=O) groups excluding carboxylic acids is 2. The van der Waals surface area contributed by atoms with E-state index in [0.29, 0.717) is 49.4 Å². The Kier molecular flexibility index (Phi) is 23.9. The number of ether oxygens (including phenoxy) is 5. The highest BCUT2D eigenvalue weighted by Gasteiger charge is 2.65. The van der Waals surface area contributed by atoms with Crippen molar-refractivity contribution in [2.24, 2.45) is 22.9 Å². The summed E-state index contributed by atoms with van der Waals surface area (Å²) in [5.41, 5.74) is 1.99. The molecule has 0 aromatic heterocycles. The molecule has 2 aromatic rings. The summed E-state index contributed by atoms with van der Waals surface area (Å²) < 4.78 is 31.9. The summed E-state index contributed by atoms with van der Waals surface area (Å²) in [4.78, 5) is 46.3. The molecule has 5 rings (SSSR count). The van der Waals surface area contributed by atoms with Crippen molar-refractivity contribution in [1.29, 1.82) is 0 Å². The van der Waals surface area contributed by atoms with Gasteiger partial charge in [-0.2, -0.15) is 0 Å². The number of aliphatic hydroxyl groups excluding tert-OH is 3. The van der Waals surface area contributed by atoms with Crippen molar-refractivity contribution in [2.75, 3.05) is 59.3 Å². The van der Waals surface area contributed by atoms with Crippen molar-refractivity contribution in [1.82, 2.24) is 10.2 Å². The number of hydrogen-bond donors (Lipinski definition) is 4. The van der Waals surface area contributed by atoms with Gasteiger partial charge in [0, 0.05) is 56.3 Å². The predicted molar refractivity (Wildman–Crippen MR) is 266 cm³/mol. The Morgan fingerprint density at radius 3 is 2.23 bits per heavy atom. The van der Waals surface area contributed by atoms with Gasteiger partial charge in [-0.3, -0.25) is 15.0 Å². The summed E-state index contributed by atoms with van der Waals surface area (Å²) >= 11 is 0. The zero-order chi connectivity index (χ0) is 50.1. The largest absolute Gasteiger partial charge is 0.459 e. The normalized spacial score (nSPS) is 21.7. The van der Waals surface area contributed by atoms with Gasteiger partial charge in [-0.25, -0.2) is 9.59 Å². The third-order valence-corrected chi connectivity index (χ3v) is 13.5. The van der Waals surface area contributed by atoms with Crippen LogP contribution in [0.3, 0.4) is 0 Å². The Morgan fingerprint density at radius 2 is 1.57 bits per heavy atom. The molecule has 6 atom stereocenters. The number of allylic oxidation sites excluding steroid dienone is 1. The molecule has 17 heteroatoms. The maximum absolute atomic E-state index is 14.7. The SMILES string of the molecule is C=CCOC12Oc3ccc(OC(=O)NCCCCCCCCCCCC)cc3C3C(CCCCO)C(CCCCO)C=C(C(=NOCC)CC1N(CCOCCO)C(=O)Oc1ccc([N+](=O)[O-])cc1)C32. The first kappa shape index (κ1) is 55.9.